The van der Waals surface area contributed by atoms with Crippen molar-refractivity contribution < 1.29 is 9.84 Å². The van der Waals surface area contributed by atoms with Crippen LogP contribution in [-0.2, 0) is 6.54 Å². The van der Waals surface area contributed by atoms with E-state index in [1.165, 1.54) is 7.11 Å². The average molecular weight is 312 g/mol. The molecule has 0 unspecified atom stereocenters. The molecule has 0 aromatic heterocycles. The van der Waals surface area contributed by atoms with Crippen LogP contribution < -0.4 is 10.1 Å². The van der Waals surface area contributed by atoms with Crippen LogP contribution in [0.15, 0.2) is 30.3 Å². The Balaban J connectivity index is 2.13. The number of aryl methyl sites for hydroxylation is 1. The van der Waals surface area contributed by atoms with Gasteiger partial charge in [0, 0.05) is 11.6 Å². The van der Waals surface area contributed by atoms with Gasteiger partial charge in [-0.15, -0.1) is 0 Å². The van der Waals surface area contributed by atoms with Crippen molar-refractivity contribution in [2.45, 2.75) is 13.5 Å². The molecule has 0 bridgehead atoms. The number of phenols is 1. The zero-order chi connectivity index (χ0) is 14.7. The van der Waals surface area contributed by atoms with Crippen LogP contribution in [0.4, 0.5) is 5.69 Å². The standard InChI is InChI=1S/C15H15Cl2NO2/c1-9-5-12(17)13(7-11(9)16)18-8-10-3-4-15(20-2)14(19)6-10/h3-7,18-19H,8H2,1-2H3. The fraction of sp³-hybridized carbons (Fsp3) is 0.200. The molecule has 0 radical (unpaired) electrons. The van der Waals surface area contributed by atoms with Gasteiger partial charge in [0.05, 0.1) is 17.8 Å². The highest BCUT2D eigenvalue weighted by molar-refractivity contribution is 6.35. The van der Waals surface area contributed by atoms with Gasteiger partial charge in [0.25, 0.3) is 0 Å². The maximum absolute atomic E-state index is 9.72. The van der Waals surface area contributed by atoms with Crippen LogP contribution in [0, 0.1) is 6.92 Å². The van der Waals surface area contributed by atoms with Gasteiger partial charge >= 0.3 is 0 Å². The minimum absolute atomic E-state index is 0.111. The van der Waals surface area contributed by atoms with Crippen molar-refractivity contribution in [3.63, 3.8) is 0 Å². The molecular formula is C15H15Cl2NO2. The highest BCUT2D eigenvalue weighted by Crippen LogP contribution is 2.30. The summed E-state index contributed by atoms with van der Waals surface area (Å²) < 4.78 is 5.00. The Morgan fingerprint density at radius 1 is 1.15 bits per heavy atom. The highest BCUT2D eigenvalue weighted by atomic mass is 35.5. The lowest BCUT2D eigenvalue weighted by Crippen LogP contribution is -2.00. The van der Waals surface area contributed by atoms with Crippen molar-refractivity contribution in [3.8, 4) is 11.5 Å². The number of rotatable bonds is 4. The van der Waals surface area contributed by atoms with Crippen molar-refractivity contribution in [1.29, 1.82) is 0 Å². The SMILES string of the molecule is COc1ccc(CNc2cc(Cl)c(C)cc2Cl)cc1O. The number of phenolic OH excluding ortho intramolecular Hbond substituents is 1. The molecule has 0 heterocycles. The summed E-state index contributed by atoms with van der Waals surface area (Å²) in [6.45, 7) is 2.43. The second kappa shape index (κ2) is 6.25. The molecule has 106 valence electrons. The Morgan fingerprint density at radius 2 is 1.90 bits per heavy atom. The minimum atomic E-state index is 0.111. The molecule has 20 heavy (non-hydrogen) atoms. The zero-order valence-electron chi connectivity index (χ0n) is 11.2. The first kappa shape index (κ1) is 14.8. The molecule has 0 aliphatic heterocycles. The van der Waals surface area contributed by atoms with Gasteiger partial charge in [0.2, 0.25) is 0 Å². The zero-order valence-corrected chi connectivity index (χ0v) is 12.7. The normalized spacial score (nSPS) is 10.4. The summed E-state index contributed by atoms with van der Waals surface area (Å²) in [5, 5.41) is 14.2. The van der Waals surface area contributed by atoms with E-state index in [9.17, 15) is 5.11 Å². The fourth-order valence-electron chi connectivity index (χ4n) is 1.82. The Labute approximate surface area is 128 Å². The van der Waals surface area contributed by atoms with Crippen LogP contribution in [0.3, 0.4) is 0 Å². The van der Waals surface area contributed by atoms with Gasteiger partial charge in [0.1, 0.15) is 0 Å². The Kier molecular flexibility index (Phi) is 4.63. The summed E-state index contributed by atoms with van der Waals surface area (Å²) in [6.07, 6.45) is 0. The summed E-state index contributed by atoms with van der Waals surface area (Å²) in [6, 6.07) is 8.85. The smallest absolute Gasteiger partial charge is 0.160 e. The predicted molar refractivity (Wildman–Crippen MR) is 83.2 cm³/mol. The van der Waals surface area contributed by atoms with E-state index in [0.717, 1.165) is 16.8 Å². The largest absolute Gasteiger partial charge is 0.504 e. The summed E-state index contributed by atoms with van der Waals surface area (Å²) >= 11 is 12.2. The minimum Gasteiger partial charge on any atom is -0.504 e. The van der Waals surface area contributed by atoms with Crippen molar-refractivity contribution >= 4 is 28.9 Å². The van der Waals surface area contributed by atoms with Gasteiger partial charge in [-0.3, -0.25) is 0 Å². The molecule has 3 nitrogen and oxygen atoms in total. The number of nitrogens with one attached hydrogen (secondary N) is 1. The monoisotopic (exact) mass is 311 g/mol. The van der Waals surface area contributed by atoms with E-state index in [4.69, 9.17) is 27.9 Å². The number of methoxy groups -OCH3 is 1. The van der Waals surface area contributed by atoms with E-state index in [0.29, 0.717) is 22.3 Å². The molecule has 0 spiro atoms. The quantitative estimate of drug-likeness (QED) is 0.865. The van der Waals surface area contributed by atoms with Gasteiger partial charge in [-0.25, -0.2) is 0 Å². The molecule has 2 aromatic rings. The number of ether oxygens (including phenoxy) is 1. The van der Waals surface area contributed by atoms with Crippen LogP contribution in [-0.4, -0.2) is 12.2 Å². The Bertz CT molecular complexity index is 630. The first-order chi connectivity index (χ1) is 9.51. The highest BCUT2D eigenvalue weighted by Gasteiger charge is 2.06. The number of halogens is 2. The van der Waals surface area contributed by atoms with Crippen molar-refractivity contribution in [2.75, 3.05) is 12.4 Å². The topological polar surface area (TPSA) is 41.5 Å². The third-order valence-electron chi connectivity index (χ3n) is 2.97. The molecule has 5 heteroatoms. The lowest BCUT2D eigenvalue weighted by molar-refractivity contribution is 0.373. The van der Waals surface area contributed by atoms with Crippen LogP contribution in [0.5, 0.6) is 11.5 Å². The number of benzene rings is 2. The molecule has 0 saturated carbocycles. The molecular weight excluding hydrogens is 297 g/mol. The van der Waals surface area contributed by atoms with Gasteiger partial charge in [-0.05, 0) is 42.3 Å². The third-order valence-corrected chi connectivity index (χ3v) is 3.69. The Hall–Kier alpha value is -1.58. The lowest BCUT2D eigenvalue weighted by atomic mass is 10.2. The number of anilines is 1. The average Bonchev–Trinajstić information content (AvgIpc) is 2.41. The summed E-state index contributed by atoms with van der Waals surface area (Å²) in [5.74, 6) is 0.560. The van der Waals surface area contributed by atoms with Gasteiger partial charge in [-0.2, -0.15) is 0 Å². The van der Waals surface area contributed by atoms with Crippen molar-refractivity contribution in [2.24, 2.45) is 0 Å². The number of hydrogen-bond acceptors (Lipinski definition) is 3. The first-order valence-electron chi connectivity index (χ1n) is 6.06. The maximum Gasteiger partial charge on any atom is 0.160 e. The van der Waals surface area contributed by atoms with Crippen molar-refractivity contribution in [1.82, 2.24) is 0 Å². The molecule has 0 saturated heterocycles. The first-order valence-corrected chi connectivity index (χ1v) is 6.82. The maximum atomic E-state index is 9.72. The molecule has 2 rings (SSSR count). The second-order valence-electron chi connectivity index (χ2n) is 4.44. The van der Waals surface area contributed by atoms with E-state index in [-0.39, 0.29) is 5.75 Å². The summed E-state index contributed by atoms with van der Waals surface area (Å²) in [7, 11) is 1.51. The van der Waals surface area contributed by atoms with E-state index in [2.05, 4.69) is 5.32 Å². The van der Waals surface area contributed by atoms with E-state index in [1.807, 2.05) is 19.1 Å². The van der Waals surface area contributed by atoms with Gasteiger partial charge in [0.15, 0.2) is 11.5 Å². The third kappa shape index (κ3) is 3.30. The van der Waals surface area contributed by atoms with Gasteiger partial charge in [-0.1, -0.05) is 29.3 Å². The number of aromatic hydroxyl groups is 1. The molecule has 0 atom stereocenters. The molecule has 0 amide bonds. The summed E-state index contributed by atoms with van der Waals surface area (Å²) in [4.78, 5) is 0. The fourth-order valence-corrected chi connectivity index (χ4v) is 2.27. The Morgan fingerprint density at radius 3 is 2.55 bits per heavy atom. The molecule has 2 N–H and O–H groups in total. The lowest BCUT2D eigenvalue weighted by Gasteiger charge is -2.11. The van der Waals surface area contributed by atoms with Crippen LogP contribution in [0.2, 0.25) is 10.0 Å². The van der Waals surface area contributed by atoms with E-state index >= 15 is 0 Å². The molecule has 2 aromatic carbocycles. The predicted octanol–water partition coefficient (Wildman–Crippen LogP) is 4.63. The number of hydrogen-bond donors (Lipinski definition) is 2. The van der Waals surface area contributed by atoms with E-state index in [1.54, 1.807) is 18.2 Å². The van der Waals surface area contributed by atoms with Crippen molar-refractivity contribution in [3.05, 3.63) is 51.5 Å². The van der Waals surface area contributed by atoms with E-state index < -0.39 is 0 Å². The molecule has 0 fully saturated rings. The molecule has 0 aliphatic rings. The van der Waals surface area contributed by atoms with Crippen LogP contribution in [0.1, 0.15) is 11.1 Å². The van der Waals surface area contributed by atoms with Crippen LogP contribution in [0.25, 0.3) is 0 Å². The van der Waals surface area contributed by atoms with Crippen LogP contribution >= 0.6 is 23.2 Å². The second-order valence-corrected chi connectivity index (χ2v) is 5.26. The molecule has 0 aliphatic carbocycles. The summed E-state index contributed by atoms with van der Waals surface area (Å²) in [5.41, 5.74) is 2.61. The van der Waals surface area contributed by atoms with Gasteiger partial charge < -0.3 is 15.2 Å².